The monoisotopic (exact) mass is 402 g/mol. The zero-order chi connectivity index (χ0) is 21.3. The highest BCUT2D eigenvalue weighted by Gasteiger charge is 2.12. The molecule has 0 bridgehead atoms. The van der Waals surface area contributed by atoms with Crippen LogP contribution in [-0.4, -0.2) is 33.1 Å². The zero-order valence-electron chi connectivity index (χ0n) is 17.7. The number of carbonyl (C=O) groups is 1. The van der Waals surface area contributed by atoms with Gasteiger partial charge in [0.25, 0.3) is 5.91 Å². The summed E-state index contributed by atoms with van der Waals surface area (Å²) >= 11 is 0. The molecule has 0 aromatic heterocycles. The molecule has 4 rings (SSSR count). The standard InChI is InChI=1S/C23H23N3O.C2H7N/c24-20-5-3-4-19(16-20)17-6-8-18(9-7-17)23(27)25-21-10-12-22(13-11-21)26-14-1-2-15-26;1-3-2/h3-13,16H,1-2,14-15,24H2,(H,25,27);3H,1-2H3. The SMILES string of the molecule is CNC.Nc1cccc(-c2ccc(C(=O)Nc3ccc(N4CCCC4)cc3)cc2)c1. The van der Waals surface area contributed by atoms with Gasteiger partial charge >= 0.3 is 0 Å². The molecule has 0 atom stereocenters. The maximum Gasteiger partial charge on any atom is 0.255 e. The molecule has 0 spiro atoms. The number of rotatable bonds is 4. The summed E-state index contributed by atoms with van der Waals surface area (Å²) in [4.78, 5) is 14.9. The lowest BCUT2D eigenvalue weighted by Crippen LogP contribution is -2.17. The summed E-state index contributed by atoms with van der Waals surface area (Å²) in [7, 11) is 3.75. The minimum Gasteiger partial charge on any atom is -0.399 e. The topological polar surface area (TPSA) is 70.4 Å². The molecule has 1 fully saturated rings. The Labute approximate surface area is 178 Å². The number of carbonyl (C=O) groups excluding carboxylic acids is 1. The van der Waals surface area contributed by atoms with Gasteiger partial charge < -0.3 is 21.3 Å². The molecule has 5 heteroatoms. The van der Waals surface area contributed by atoms with E-state index in [-0.39, 0.29) is 5.91 Å². The number of hydrogen-bond acceptors (Lipinski definition) is 4. The number of nitrogens with two attached hydrogens (primary N) is 1. The number of nitrogens with zero attached hydrogens (tertiary/aromatic N) is 1. The first-order chi connectivity index (χ1) is 14.6. The third-order valence-corrected chi connectivity index (χ3v) is 4.96. The van der Waals surface area contributed by atoms with Gasteiger partial charge in [0, 0.05) is 35.7 Å². The van der Waals surface area contributed by atoms with E-state index in [1.807, 2.05) is 74.8 Å². The number of anilines is 3. The Morgan fingerprint density at radius 2 is 1.50 bits per heavy atom. The molecular weight excluding hydrogens is 372 g/mol. The summed E-state index contributed by atoms with van der Waals surface area (Å²) in [6.45, 7) is 2.23. The van der Waals surface area contributed by atoms with Gasteiger partial charge in [-0.15, -0.1) is 0 Å². The first kappa shape index (κ1) is 21.4. The van der Waals surface area contributed by atoms with Crippen molar-refractivity contribution in [2.75, 3.05) is 43.1 Å². The maximum atomic E-state index is 12.5. The van der Waals surface area contributed by atoms with Crippen LogP contribution in [-0.2, 0) is 0 Å². The van der Waals surface area contributed by atoms with E-state index in [4.69, 9.17) is 5.73 Å². The molecule has 1 aliphatic rings. The Hall–Kier alpha value is -3.31. The Bertz CT molecular complexity index is 946. The molecule has 1 heterocycles. The van der Waals surface area contributed by atoms with Gasteiger partial charge in [-0.3, -0.25) is 4.79 Å². The van der Waals surface area contributed by atoms with Crippen LogP contribution in [0.4, 0.5) is 17.1 Å². The van der Waals surface area contributed by atoms with Gasteiger partial charge in [0.2, 0.25) is 0 Å². The normalized spacial score (nSPS) is 12.8. The second-order valence-corrected chi connectivity index (χ2v) is 7.40. The smallest absolute Gasteiger partial charge is 0.255 e. The molecule has 0 saturated carbocycles. The van der Waals surface area contributed by atoms with E-state index in [2.05, 4.69) is 27.7 Å². The van der Waals surface area contributed by atoms with Crippen molar-refractivity contribution in [3.8, 4) is 11.1 Å². The number of amides is 1. The lowest BCUT2D eigenvalue weighted by atomic mass is 10.0. The fourth-order valence-corrected chi connectivity index (χ4v) is 3.47. The average molecular weight is 403 g/mol. The van der Waals surface area contributed by atoms with Crippen LogP contribution in [0.15, 0.2) is 72.8 Å². The van der Waals surface area contributed by atoms with E-state index in [0.717, 1.165) is 35.6 Å². The third-order valence-electron chi connectivity index (χ3n) is 4.96. The molecule has 1 saturated heterocycles. The quantitative estimate of drug-likeness (QED) is 0.557. The van der Waals surface area contributed by atoms with E-state index in [1.165, 1.54) is 18.5 Å². The van der Waals surface area contributed by atoms with Crippen molar-refractivity contribution in [3.05, 3.63) is 78.4 Å². The molecule has 156 valence electrons. The van der Waals surface area contributed by atoms with Gasteiger partial charge in [0.05, 0.1) is 0 Å². The molecule has 30 heavy (non-hydrogen) atoms. The highest BCUT2D eigenvalue weighted by atomic mass is 16.1. The van der Waals surface area contributed by atoms with Crippen LogP contribution < -0.4 is 21.3 Å². The van der Waals surface area contributed by atoms with Crippen molar-refractivity contribution >= 4 is 23.0 Å². The minimum atomic E-state index is -0.108. The molecular formula is C25H30N4O. The van der Waals surface area contributed by atoms with Gasteiger partial charge in [0.15, 0.2) is 0 Å². The van der Waals surface area contributed by atoms with Gasteiger partial charge in [-0.1, -0.05) is 24.3 Å². The van der Waals surface area contributed by atoms with E-state index < -0.39 is 0 Å². The number of benzene rings is 3. The summed E-state index contributed by atoms with van der Waals surface area (Å²) in [6.07, 6.45) is 2.51. The molecule has 3 aromatic rings. The molecule has 4 N–H and O–H groups in total. The van der Waals surface area contributed by atoms with Gasteiger partial charge in [0.1, 0.15) is 0 Å². The Morgan fingerprint density at radius 1 is 0.867 bits per heavy atom. The van der Waals surface area contributed by atoms with Crippen molar-refractivity contribution in [1.29, 1.82) is 0 Å². The van der Waals surface area contributed by atoms with Crippen LogP contribution in [0.25, 0.3) is 11.1 Å². The van der Waals surface area contributed by atoms with Gasteiger partial charge in [-0.05, 0) is 86.6 Å². The first-order valence-corrected chi connectivity index (χ1v) is 10.3. The van der Waals surface area contributed by atoms with Crippen molar-refractivity contribution in [3.63, 3.8) is 0 Å². The van der Waals surface area contributed by atoms with Crippen molar-refractivity contribution in [1.82, 2.24) is 5.32 Å². The summed E-state index contributed by atoms with van der Waals surface area (Å²) in [5.74, 6) is -0.108. The van der Waals surface area contributed by atoms with E-state index in [9.17, 15) is 4.79 Å². The van der Waals surface area contributed by atoms with E-state index in [1.54, 1.807) is 0 Å². The molecule has 3 aromatic carbocycles. The minimum absolute atomic E-state index is 0.108. The Kier molecular flexibility index (Phi) is 7.46. The number of nitrogen functional groups attached to an aromatic ring is 1. The van der Waals surface area contributed by atoms with Crippen LogP contribution in [0.5, 0.6) is 0 Å². The van der Waals surface area contributed by atoms with Crippen LogP contribution in [0.2, 0.25) is 0 Å². The molecule has 1 aliphatic heterocycles. The first-order valence-electron chi connectivity index (χ1n) is 10.3. The average Bonchev–Trinajstić information content (AvgIpc) is 3.30. The maximum absolute atomic E-state index is 12.5. The highest BCUT2D eigenvalue weighted by molar-refractivity contribution is 6.04. The predicted octanol–water partition coefficient (Wildman–Crippen LogP) is 4.62. The molecule has 0 unspecified atom stereocenters. The lowest BCUT2D eigenvalue weighted by molar-refractivity contribution is 0.102. The lowest BCUT2D eigenvalue weighted by Gasteiger charge is -2.17. The third kappa shape index (κ3) is 5.61. The molecule has 5 nitrogen and oxygen atoms in total. The Balaban J connectivity index is 0.000000806. The van der Waals surface area contributed by atoms with Crippen molar-refractivity contribution in [2.24, 2.45) is 0 Å². The van der Waals surface area contributed by atoms with Gasteiger partial charge in [-0.25, -0.2) is 0 Å². The molecule has 1 amide bonds. The largest absolute Gasteiger partial charge is 0.399 e. The predicted molar refractivity (Wildman–Crippen MR) is 127 cm³/mol. The van der Waals surface area contributed by atoms with Crippen LogP contribution >= 0.6 is 0 Å². The summed E-state index contributed by atoms with van der Waals surface area (Å²) in [5, 5.41) is 5.72. The van der Waals surface area contributed by atoms with Crippen LogP contribution in [0.3, 0.4) is 0 Å². The number of hydrogen-bond donors (Lipinski definition) is 3. The highest BCUT2D eigenvalue weighted by Crippen LogP contribution is 2.24. The van der Waals surface area contributed by atoms with E-state index in [0.29, 0.717) is 5.56 Å². The van der Waals surface area contributed by atoms with Crippen LogP contribution in [0, 0.1) is 0 Å². The number of nitrogens with one attached hydrogen (secondary N) is 2. The fraction of sp³-hybridized carbons (Fsp3) is 0.240. The second-order valence-electron chi connectivity index (χ2n) is 7.40. The van der Waals surface area contributed by atoms with Crippen molar-refractivity contribution in [2.45, 2.75) is 12.8 Å². The molecule has 0 aliphatic carbocycles. The Morgan fingerprint density at radius 3 is 2.10 bits per heavy atom. The van der Waals surface area contributed by atoms with Gasteiger partial charge in [-0.2, -0.15) is 0 Å². The summed E-state index contributed by atoms with van der Waals surface area (Å²) < 4.78 is 0. The summed E-state index contributed by atoms with van der Waals surface area (Å²) in [6, 6.07) is 23.4. The fourth-order valence-electron chi connectivity index (χ4n) is 3.47. The van der Waals surface area contributed by atoms with Crippen LogP contribution in [0.1, 0.15) is 23.2 Å². The zero-order valence-corrected chi connectivity index (χ0v) is 17.7. The van der Waals surface area contributed by atoms with E-state index >= 15 is 0 Å². The van der Waals surface area contributed by atoms with Crippen molar-refractivity contribution < 1.29 is 4.79 Å². The second kappa shape index (κ2) is 10.5. The molecule has 0 radical (unpaired) electrons. The summed E-state index contributed by atoms with van der Waals surface area (Å²) in [5.41, 5.74) is 11.3.